The molecule has 2 aromatic carbocycles. The molecule has 0 aliphatic carbocycles. The number of thiocarbonyl (C=S) groups is 1. The molecule has 1 aromatic heterocycles. The average Bonchev–Trinajstić information content (AvgIpc) is 2.84. The number of benzene rings is 2. The lowest BCUT2D eigenvalue weighted by molar-refractivity contribution is -0.274. The lowest BCUT2D eigenvalue weighted by atomic mass is 10.1. The first-order chi connectivity index (χ1) is 17.1. The van der Waals surface area contributed by atoms with Gasteiger partial charge < -0.3 is 21.2 Å². The van der Waals surface area contributed by atoms with Crippen LogP contribution in [-0.4, -0.2) is 34.7 Å². The van der Waals surface area contributed by atoms with Crippen LogP contribution in [0.25, 0.3) is 0 Å². The second-order valence-electron chi connectivity index (χ2n) is 7.11. The van der Waals surface area contributed by atoms with E-state index in [-0.39, 0.29) is 11.6 Å². The minimum Gasteiger partial charge on any atom is -0.406 e. The Morgan fingerprint density at radius 1 is 1.14 bits per heavy atom. The van der Waals surface area contributed by atoms with Gasteiger partial charge in [-0.3, -0.25) is 0 Å². The van der Waals surface area contributed by atoms with Crippen molar-refractivity contribution >= 4 is 47.1 Å². The van der Waals surface area contributed by atoms with Crippen LogP contribution in [0.15, 0.2) is 76.8 Å². The van der Waals surface area contributed by atoms with Gasteiger partial charge >= 0.3 is 6.36 Å². The fraction of sp³-hybridized carbons (Fsp3) is 0.160. The van der Waals surface area contributed by atoms with Crippen molar-refractivity contribution in [2.24, 2.45) is 15.7 Å². The number of pyridine rings is 1. The number of ether oxygens (including phenoxy) is 1. The number of amidine groups is 1. The van der Waals surface area contributed by atoms with Crippen LogP contribution in [0.5, 0.6) is 5.75 Å². The highest BCUT2D eigenvalue weighted by Gasteiger charge is 2.30. The summed E-state index contributed by atoms with van der Waals surface area (Å²) in [4.78, 5) is 12.9. The SMILES string of the molecule is CCc1cccnc1NC(C)=S.N=Cc1ccc(C(N)=NC=Nc2ccc(OC(F)(F)F)cc2)cc1. The maximum absolute atomic E-state index is 12.0. The number of aromatic nitrogens is 1. The number of rotatable bonds is 7. The van der Waals surface area contributed by atoms with Crippen LogP contribution in [0.4, 0.5) is 24.7 Å². The van der Waals surface area contributed by atoms with Crippen LogP contribution in [0.1, 0.15) is 30.5 Å². The zero-order chi connectivity index (χ0) is 26.6. The van der Waals surface area contributed by atoms with Gasteiger partial charge in [0.2, 0.25) is 0 Å². The number of halogens is 3. The van der Waals surface area contributed by atoms with Crippen LogP contribution in [0.3, 0.4) is 0 Å². The number of nitrogens with zero attached hydrogens (tertiary/aromatic N) is 3. The van der Waals surface area contributed by atoms with Gasteiger partial charge in [-0.2, -0.15) is 0 Å². The number of nitrogens with one attached hydrogen (secondary N) is 2. The van der Waals surface area contributed by atoms with E-state index in [0.29, 0.717) is 11.3 Å². The van der Waals surface area contributed by atoms with Crippen molar-refractivity contribution in [3.8, 4) is 5.75 Å². The predicted octanol–water partition coefficient (Wildman–Crippen LogP) is 6.05. The highest BCUT2D eigenvalue weighted by Crippen LogP contribution is 2.24. The third-order valence-corrected chi connectivity index (χ3v) is 4.52. The largest absolute Gasteiger partial charge is 0.573 e. The minimum absolute atomic E-state index is 0.229. The molecule has 3 aromatic rings. The fourth-order valence-electron chi connectivity index (χ4n) is 2.72. The van der Waals surface area contributed by atoms with Gasteiger partial charge in [0.1, 0.15) is 23.7 Å². The van der Waals surface area contributed by atoms with Gasteiger partial charge in [-0.05, 0) is 54.8 Å². The number of hydrogen-bond acceptors (Lipinski definition) is 5. The maximum atomic E-state index is 12.0. The number of nitrogens with two attached hydrogens (primary N) is 1. The highest BCUT2D eigenvalue weighted by molar-refractivity contribution is 7.80. The van der Waals surface area contributed by atoms with E-state index in [4.69, 9.17) is 23.4 Å². The maximum Gasteiger partial charge on any atom is 0.573 e. The molecule has 0 saturated carbocycles. The van der Waals surface area contributed by atoms with Crippen molar-refractivity contribution in [1.29, 1.82) is 5.41 Å². The monoisotopic (exact) mass is 514 g/mol. The summed E-state index contributed by atoms with van der Waals surface area (Å²) in [7, 11) is 0. The Bertz CT molecular complexity index is 1210. The summed E-state index contributed by atoms with van der Waals surface area (Å²) in [5, 5.41) is 10.2. The minimum atomic E-state index is -4.73. The molecule has 188 valence electrons. The van der Waals surface area contributed by atoms with Crippen molar-refractivity contribution in [2.45, 2.75) is 26.6 Å². The molecule has 1 heterocycles. The molecule has 7 nitrogen and oxygen atoms in total. The highest BCUT2D eigenvalue weighted by atomic mass is 32.1. The average molecular weight is 515 g/mol. The molecule has 11 heteroatoms. The van der Waals surface area contributed by atoms with Gasteiger partial charge in [-0.15, -0.1) is 13.2 Å². The van der Waals surface area contributed by atoms with E-state index in [1.807, 2.05) is 19.1 Å². The summed E-state index contributed by atoms with van der Waals surface area (Å²) in [5.41, 5.74) is 8.80. The second-order valence-corrected chi connectivity index (χ2v) is 7.73. The zero-order valence-corrected chi connectivity index (χ0v) is 20.4. The molecule has 4 N–H and O–H groups in total. The lowest BCUT2D eigenvalue weighted by Crippen LogP contribution is -2.16. The number of aryl methyl sites for hydroxylation is 1. The third kappa shape index (κ3) is 10.0. The quantitative estimate of drug-likeness (QED) is 0.202. The molecule has 0 atom stereocenters. The molecule has 0 bridgehead atoms. The van der Waals surface area contributed by atoms with E-state index in [9.17, 15) is 13.2 Å². The van der Waals surface area contributed by atoms with Gasteiger partial charge in [0.05, 0.1) is 10.7 Å². The van der Waals surface area contributed by atoms with Crippen molar-refractivity contribution in [2.75, 3.05) is 5.32 Å². The van der Waals surface area contributed by atoms with Crippen LogP contribution < -0.4 is 15.8 Å². The first-order valence-corrected chi connectivity index (χ1v) is 11.1. The molecule has 36 heavy (non-hydrogen) atoms. The molecule has 0 fully saturated rings. The molecule has 0 spiro atoms. The van der Waals surface area contributed by atoms with Gasteiger partial charge in [-0.25, -0.2) is 15.0 Å². The lowest BCUT2D eigenvalue weighted by Gasteiger charge is -2.08. The van der Waals surface area contributed by atoms with E-state index in [0.717, 1.165) is 34.9 Å². The standard InChI is InChI=1S/C16H13F3N4O.C9H12N2S/c17-16(18,19)24-14-7-5-13(6-8-14)22-10-23-15(21)12-3-1-11(9-20)2-4-12;1-3-8-5-4-6-10-9(8)11-7(2)12/h1-10,20H,(H2,21,22,23);4-6H,3H2,1-2H3,(H,10,11,12). The van der Waals surface area contributed by atoms with Crippen LogP contribution in [0, 0.1) is 5.41 Å². The summed E-state index contributed by atoms with van der Waals surface area (Å²) in [6.07, 6.45) is 0.430. The topological polar surface area (TPSA) is 109 Å². The summed E-state index contributed by atoms with van der Waals surface area (Å²) in [6.45, 7) is 3.95. The van der Waals surface area contributed by atoms with Crippen LogP contribution >= 0.6 is 12.2 Å². The molecular formula is C25H25F3N6OS. The number of alkyl halides is 3. The molecule has 0 saturated heterocycles. The van der Waals surface area contributed by atoms with E-state index < -0.39 is 6.36 Å². The van der Waals surface area contributed by atoms with Crippen molar-refractivity contribution < 1.29 is 17.9 Å². The van der Waals surface area contributed by atoms with Gasteiger partial charge in [0.25, 0.3) is 0 Å². The predicted molar refractivity (Wildman–Crippen MR) is 142 cm³/mol. The first-order valence-electron chi connectivity index (χ1n) is 10.6. The summed E-state index contributed by atoms with van der Waals surface area (Å²) in [5.74, 6) is 0.788. The smallest absolute Gasteiger partial charge is 0.406 e. The molecule has 0 radical (unpaired) electrons. The van der Waals surface area contributed by atoms with Gasteiger partial charge in [0, 0.05) is 18.0 Å². The molecule has 0 aliphatic heterocycles. The normalized spacial score (nSPS) is 11.4. The third-order valence-electron chi connectivity index (χ3n) is 4.41. The van der Waals surface area contributed by atoms with Crippen molar-refractivity contribution in [3.05, 3.63) is 83.6 Å². The van der Waals surface area contributed by atoms with E-state index in [1.165, 1.54) is 30.2 Å². The Balaban J connectivity index is 0.000000319. The Hall–Kier alpha value is -4.12. The number of aliphatic imine (C=N–C) groups is 2. The van der Waals surface area contributed by atoms with Gasteiger partial charge in [0.15, 0.2) is 0 Å². The van der Waals surface area contributed by atoms with Gasteiger partial charge in [-0.1, -0.05) is 49.5 Å². The molecule has 3 rings (SSSR count). The molecule has 0 amide bonds. The van der Waals surface area contributed by atoms with E-state index >= 15 is 0 Å². The fourth-order valence-corrected chi connectivity index (χ4v) is 2.82. The molecule has 0 aliphatic rings. The van der Waals surface area contributed by atoms with Crippen molar-refractivity contribution in [1.82, 2.24) is 4.98 Å². The summed E-state index contributed by atoms with van der Waals surface area (Å²) >= 11 is 4.93. The van der Waals surface area contributed by atoms with E-state index in [1.54, 1.807) is 30.5 Å². The summed E-state index contributed by atoms with van der Waals surface area (Å²) in [6, 6.07) is 15.9. The molecule has 0 unspecified atom stereocenters. The Morgan fingerprint density at radius 2 is 1.81 bits per heavy atom. The first kappa shape index (κ1) is 28.1. The number of anilines is 1. The van der Waals surface area contributed by atoms with Crippen LogP contribution in [-0.2, 0) is 6.42 Å². The van der Waals surface area contributed by atoms with Crippen molar-refractivity contribution in [3.63, 3.8) is 0 Å². The Kier molecular flexibility index (Phi) is 10.7. The second kappa shape index (κ2) is 13.7. The van der Waals surface area contributed by atoms with E-state index in [2.05, 4.69) is 31.9 Å². The zero-order valence-electron chi connectivity index (χ0n) is 19.6. The van der Waals surface area contributed by atoms with Crippen LogP contribution in [0.2, 0.25) is 0 Å². The Labute approximate surface area is 212 Å². The Morgan fingerprint density at radius 3 is 2.36 bits per heavy atom. The number of hydrogen-bond donors (Lipinski definition) is 3. The molecular weight excluding hydrogens is 489 g/mol. The summed E-state index contributed by atoms with van der Waals surface area (Å²) < 4.78 is 39.9.